The molecule has 0 aliphatic heterocycles. The van der Waals surface area contributed by atoms with E-state index < -0.39 is 12.4 Å². The molecule has 2 nitrogen and oxygen atoms in total. The molecule has 0 spiro atoms. The highest BCUT2D eigenvalue weighted by molar-refractivity contribution is 8.15. The van der Waals surface area contributed by atoms with Crippen LogP contribution < -0.4 is 10.4 Å². The van der Waals surface area contributed by atoms with Crippen molar-refractivity contribution in [2.75, 3.05) is 24.6 Å². The maximum atomic E-state index is 5.90. The summed E-state index contributed by atoms with van der Waals surface area (Å²) in [6.07, 6.45) is 3.68. The summed E-state index contributed by atoms with van der Waals surface area (Å²) >= 11 is 11.8. The standard InChI is InChI=1S/C13H32N2P2S2/c1-7-10-17(19,11-8-2)15-14-16(18,9-3)12-13(4,5)6/h7-12H2,1-6H3,(H,14,18)(H,15,19). The molecule has 0 rings (SSSR count). The lowest BCUT2D eigenvalue weighted by Gasteiger charge is -2.33. The third-order valence-electron chi connectivity index (χ3n) is 2.87. The number of hydrogen-bond acceptors (Lipinski definition) is 2. The van der Waals surface area contributed by atoms with Gasteiger partial charge in [-0.2, -0.15) is 0 Å². The van der Waals surface area contributed by atoms with Gasteiger partial charge in [-0.1, -0.05) is 78.0 Å². The fourth-order valence-electron chi connectivity index (χ4n) is 2.12. The lowest BCUT2D eigenvalue weighted by molar-refractivity contribution is 0.474. The molecule has 19 heavy (non-hydrogen) atoms. The van der Waals surface area contributed by atoms with E-state index in [-0.39, 0.29) is 5.41 Å². The van der Waals surface area contributed by atoms with Gasteiger partial charge in [0.05, 0.1) is 0 Å². The van der Waals surface area contributed by atoms with Crippen molar-refractivity contribution in [3.63, 3.8) is 0 Å². The van der Waals surface area contributed by atoms with Crippen molar-refractivity contribution in [2.24, 2.45) is 5.41 Å². The Bertz CT molecular complexity index is 341. The molecule has 0 heterocycles. The van der Waals surface area contributed by atoms with Crippen LogP contribution >= 0.6 is 12.4 Å². The molecule has 0 fully saturated rings. The molecule has 0 saturated carbocycles. The molecule has 0 bridgehead atoms. The molecule has 0 aliphatic carbocycles. The van der Waals surface area contributed by atoms with Crippen LogP contribution in [0, 0.1) is 5.41 Å². The lowest BCUT2D eigenvalue weighted by Crippen LogP contribution is -2.32. The first-order valence-electron chi connectivity index (χ1n) is 7.30. The van der Waals surface area contributed by atoms with Gasteiger partial charge in [0.25, 0.3) is 0 Å². The predicted molar refractivity (Wildman–Crippen MR) is 100 cm³/mol. The first kappa shape index (κ1) is 20.2. The summed E-state index contributed by atoms with van der Waals surface area (Å²) in [6, 6.07) is 0. The predicted octanol–water partition coefficient (Wildman–Crippen LogP) is 4.76. The molecule has 0 aromatic heterocycles. The quantitative estimate of drug-likeness (QED) is 0.466. The summed E-state index contributed by atoms with van der Waals surface area (Å²) < 4.78 is 0. The van der Waals surface area contributed by atoms with Crippen LogP contribution in [0.2, 0.25) is 0 Å². The number of nitrogens with one attached hydrogen (secondary N) is 2. The summed E-state index contributed by atoms with van der Waals surface area (Å²) in [6.45, 7) is 13.4. The van der Waals surface area contributed by atoms with Crippen molar-refractivity contribution in [3.05, 3.63) is 0 Å². The second-order valence-corrected chi connectivity index (χ2v) is 16.5. The van der Waals surface area contributed by atoms with Crippen LogP contribution in [0.3, 0.4) is 0 Å². The summed E-state index contributed by atoms with van der Waals surface area (Å²) in [5.41, 5.74) is 0.276. The van der Waals surface area contributed by atoms with Gasteiger partial charge in [0.1, 0.15) is 0 Å². The van der Waals surface area contributed by atoms with Gasteiger partial charge in [-0.15, -0.1) is 0 Å². The van der Waals surface area contributed by atoms with E-state index >= 15 is 0 Å². The van der Waals surface area contributed by atoms with Gasteiger partial charge in [-0.3, -0.25) is 0 Å². The molecule has 0 amide bonds. The number of hydrogen-bond donors (Lipinski definition) is 2. The van der Waals surface area contributed by atoms with Crippen LogP contribution in [0.4, 0.5) is 0 Å². The van der Waals surface area contributed by atoms with Gasteiger partial charge < -0.3 is 0 Å². The van der Waals surface area contributed by atoms with Crippen molar-refractivity contribution in [2.45, 2.75) is 54.4 Å². The monoisotopic (exact) mass is 342 g/mol. The van der Waals surface area contributed by atoms with Gasteiger partial charge in [0.2, 0.25) is 0 Å². The largest absolute Gasteiger partial charge is 0.223 e. The summed E-state index contributed by atoms with van der Waals surface area (Å²) in [5.74, 6) is 0. The molecule has 0 aliphatic rings. The summed E-state index contributed by atoms with van der Waals surface area (Å²) in [4.78, 5) is 0. The molecule has 2 N–H and O–H groups in total. The third-order valence-corrected chi connectivity index (χ3v) is 11.7. The molecule has 116 valence electrons. The Morgan fingerprint density at radius 3 is 1.58 bits per heavy atom. The number of hydrazine groups is 1. The van der Waals surface area contributed by atoms with Crippen LogP contribution in [0.15, 0.2) is 0 Å². The molecule has 1 unspecified atom stereocenters. The van der Waals surface area contributed by atoms with Crippen molar-refractivity contribution in [1.82, 2.24) is 10.4 Å². The van der Waals surface area contributed by atoms with E-state index in [4.69, 9.17) is 23.6 Å². The van der Waals surface area contributed by atoms with Crippen LogP contribution in [0.1, 0.15) is 54.4 Å². The Hall–Kier alpha value is 1.22. The van der Waals surface area contributed by atoms with Gasteiger partial charge in [-0.25, -0.2) is 10.4 Å². The zero-order valence-corrected chi connectivity index (χ0v) is 16.9. The molecule has 1 atom stereocenters. The average molecular weight is 342 g/mol. The van der Waals surface area contributed by atoms with E-state index in [1.807, 2.05) is 0 Å². The van der Waals surface area contributed by atoms with E-state index in [0.29, 0.717) is 0 Å². The molecule has 0 radical (unpaired) electrons. The van der Waals surface area contributed by atoms with Crippen LogP contribution in [0.5, 0.6) is 0 Å². The zero-order chi connectivity index (χ0) is 15.2. The maximum absolute atomic E-state index is 5.90. The Morgan fingerprint density at radius 1 is 0.842 bits per heavy atom. The second-order valence-electron chi connectivity index (χ2n) is 6.48. The molecule has 6 heteroatoms. The van der Waals surface area contributed by atoms with Crippen molar-refractivity contribution in [1.29, 1.82) is 0 Å². The van der Waals surface area contributed by atoms with Gasteiger partial charge in [-0.05, 0) is 30.1 Å². The Morgan fingerprint density at radius 2 is 1.26 bits per heavy atom. The first-order valence-corrected chi connectivity index (χ1v) is 13.6. The minimum atomic E-state index is -1.53. The third kappa shape index (κ3) is 8.96. The normalized spacial score (nSPS) is 16.3. The minimum absolute atomic E-state index is 0.276. The van der Waals surface area contributed by atoms with Gasteiger partial charge in [0, 0.05) is 12.4 Å². The highest BCUT2D eigenvalue weighted by atomic mass is 32.4. The zero-order valence-electron chi connectivity index (χ0n) is 13.5. The van der Waals surface area contributed by atoms with E-state index in [9.17, 15) is 0 Å². The molecular formula is C13H32N2P2S2. The Labute approximate surface area is 131 Å². The van der Waals surface area contributed by atoms with Crippen molar-refractivity contribution < 1.29 is 0 Å². The first-order chi connectivity index (χ1) is 8.60. The second kappa shape index (κ2) is 8.61. The molecule has 0 aromatic carbocycles. The lowest BCUT2D eigenvalue weighted by atomic mass is 10.0. The van der Waals surface area contributed by atoms with Crippen molar-refractivity contribution >= 4 is 36.0 Å². The molecular weight excluding hydrogens is 310 g/mol. The fraction of sp³-hybridized carbons (Fsp3) is 1.00. The van der Waals surface area contributed by atoms with Crippen LogP contribution in [-0.4, -0.2) is 24.6 Å². The van der Waals surface area contributed by atoms with Crippen LogP contribution in [0.25, 0.3) is 0 Å². The summed E-state index contributed by atoms with van der Waals surface area (Å²) in [5, 5.41) is 7.07. The average Bonchev–Trinajstić information content (AvgIpc) is 2.25. The topological polar surface area (TPSA) is 24.1 Å². The van der Waals surface area contributed by atoms with E-state index in [2.05, 4.69) is 51.9 Å². The Kier molecular flexibility index (Phi) is 9.16. The highest BCUT2D eigenvalue weighted by Crippen LogP contribution is 2.49. The fourth-order valence-corrected chi connectivity index (χ4v) is 10.5. The maximum Gasteiger partial charge on any atom is 0.0262 e. The highest BCUT2D eigenvalue weighted by Gasteiger charge is 2.25. The Balaban J connectivity index is 4.71. The van der Waals surface area contributed by atoms with E-state index in [1.165, 1.54) is 0 Å². The molecule has 0 aromatic rings. The van der Waals surface area contributed by atoms with E-state index in [0.717, 1.165) is 37.5 Å². The molecule has 0 saturated heterocycles. The smallest absolute Gasteiger partial charge is 0.0262 e. The van der Waals surface area contributed by atoms with Gasteiger partial charge >= 0.3 is 0 Å². The number of rotatable bonds is 9. The van der Waals surface area contributed by atoms with Gasteiger partial charge in [0.15, 0.2) is 0 Å². The van der Waals surface area contributed by atoms with Crippen LogP contribution in [-0.2, 0) is 23.6 Å². The van der Waals surface area contributed by atoms with E-state index in [1.54, 1.807) is 0 Å². The summed E-state index contributed by atoms with van der Waals surface area (Å²) in [7, 11) is 0. The SMILES string of the molecule is CCCP(=S)(CCC)NNP(=S)(CC)CC(C)(C)C. The van der Waals surface area contributed by atoms with Crippen molar-refractivity contribution in [3.8, 4) is 0 Å². The minimum Gasteiger partial charge on any atom is -0.223 e.